The summed E-state index contributed by atoms with van der Waals surface area (Å²) in [6.07, 6.45) is -0.317. The summed E-state index contributed by atoms with van der Waals surface area (Å²) in [4.78, 5) is 32.8. The molecule has 1 amide bonds. The number of nitrogens with zero attached hydrogens (tertiary/aromatic N) is 1. The Hall–Kier alpha value is -2.25. The molecule has 42 heavy (non-hydrogen) atoms. The van der Waals surface area contributed by atoms with Crippen LogP contribution < -0.4 is 10.8 Å². The van der Waals surface area contributed by atoms with E-state index < -0.39 is 48.7 Å². The van der Waals surface area contributed by atoms with E-state index in [0.717, 1.165) is 29.3 Å². The van der Waals surface area contributed by atoms with Crippen molar-refractivity contribution in [2.75, 3.05) is 26.3 Å². The number of phosphoric ester groups is 1. The average Bonchev–Trinajstić information content (AvgIpc) is 3.56. The molecule has 2 aliphatic rings. The van der Waals surface area contributed by atoms with E-state index in [2.05, 4.69) is 12.1 Å². The molecule has 14 heteroatoms. The molecule has 2 heterocycles. The molecule has 0 spiro atoms. The van der Waals surface area contributed by atoms with Gasteiger partial charge in [0, 0.05) is 19.5 Å². The minimum atomic E-state index is -5.12. The molecule has 2 aromatic rings. The van der Waals surface area contributed by atoms with Crippen LogP contribution in [0.1, 0.15) is 31.4 Å². The van der Waals surface area contributed by atoms with Gasteiger partial charge in [0.05, 0.1) is 24.2 Å². The summed E-state index contributed by atoms with van der Waals surface area (Å²) in [5.74, 6) is -0.113. The number of benzene rings is 2. The molecule has 230 valence electrons. The number of phosphoric acid groups is 1. The smallest absolute Gasteiger partial charge is 0.444 e. The Kier molecular flexibility index (Phi) is 10.9. The molecule has 2 aromatic carbocycles. The summed E-state index contributed by atoms with van der Waals surface area (Å²) in [5, 5.41) is 2.70. The van der Waals surface area contributed by atoms with Crippen LogP contribution in [-0.2, 0) is 41.4 Å². The first kappa shape index (κ1) is 32.7. The van der Waals surface area contributed by atoms with Gasteiger partial charge in [-0.05, 0) is 36.5 Å². The maximum atomic E-state index is 14.0. The number of sulfonamides is 1. The number of carbonyl (C=O) groups is 1. The molecule has 1 saturated heterocycles. The molecule has 3 N–H and O–H groups in total. The highest BCUT2D eigenvalue weighted by atomic mass is 32.2. The van der Waals surface area contributed by atoms with E-state index >= 15 is 0 Å². The Morgan fingerprint density at radius 3 is 2.57 bits per heavy atom. The first-order valence-corrected chi connectivity index (χ1v) is 17.2. The molecular weight excluding hydrogens is 582 g/mol. The summed E-state index contributed by atoms with van der Waals surface area (Å²) in [6, 6.07) is 13.1. The molecule has 2 aliphatic heterocycles. The molecule has 0 bridgehead atoms. The second kappa shape index (κ2) is 14.0. The standard InChI is InChI=1S/C28H40BN2O9PS/c1-20(2)17-31(42(36,37)24-9-10-25-22(16-24)11-13-29(25)3)18-27(40-41(33,34)35)26(15-21-7-5-4-6-8-21)30-28(32)39-23-12-14-38-19-23/h4-10,16,20,23,26-27H,11-15,17-19H2,1-3H3,(H,30,32)(H2,33,34,35)/t23-,26-,27+/m0/s1. The minimum Gasteiger partial charge on any atom is -0.444 e. The SMILES string of the molecule is CB1CCc2cc(S(=O)(=O)N(CC(C)C)C[C@@H](OP(=O)(O)O)[C@H](Cc3ccccc3)NC(=O)O[C@H]3CCOC3)ccc21. The lowest BCUT2D eigenvalue weighted by atomic mass is 9.48. The van der Waals surface area contributed by atoms with Gasteiger partial charge in [-0.1, -0.05) is 74.4 Å². The maximum Gasteiger partial charge on any atom is 0.469 e. The van der Waals surface area contributed by atoms with Crippen LogP contribution in [0.4, 0.5) is 4.79 Å². The number of fused-ring (bicyclic) bond motifs is 1. The van der Waals surface area contributed by atoms with Crippen molar-refractivity contribution in [2.24, 2.45) is 5.92 Å². The van der Waals surface area contributed by atoms with Crippen LogP contribution in [-0.4, -0.2) is 79.9 Å². The zero-order chi connectivity index (χ0) is 30.5. The van der Waals surface area contributed by atoms with Gasteiger partial charge in [0.1, 0.15) is 12.2 Å². The zero-order valence-electron chi connectivity index (χ0n) is 24.2. The van der Waals surface area contributed by atoms with Crippen molar-refractivity contribution in [1.82, 2.24) is 9.62 Å². The first-order chi connectivity index (χ1) is 19.8. The molecule has 0 unspecified atom stereocenters. The summed E-state index contributed by atoms with van der Waals surface area (Å²) in [7, 11) is -9.22. The Labute approximate surface area is 248 Å². The molecule has 0 radical (unpaired) electrons. The predicted octanol–water partition coefficient (Wildman–Crippen LogP) is 2.83. The van der Waals surface area contributed by atoms with Crippen molar-refractivity contribution in [3.05, 3.63) is 59.7 Å². The number of hydrogen-bond acceptors (Lipinski definition) is 7. The van der Waals surface area contributed by atoms with E-state index in [1.807, 2.05) is 26.0 Å². The maximum absolute atomic E-state index is 14.0. The van der Waals surface area contributed by atoms with Crippen molar-refractivity contribution in [3.63, 3.8) is 0 Å². The van der Waals surface area contributed by atoms with Crippen molar-refractivity contribution in [2.45, 2.75) is 69.4 Å². The highest BCUT2D eigenvalue weighted by Crippen LogP contribution is 2.39. The summed E-state index contributed by atoms with van der Waals surface area (Å²) >= 11 is 0. The van der Waals surface area contributed by atoms with Gasteiger partial charge in [-0.15, -0.1) is 0 Å². The largest absolute Gasteiger partial charge is 0.469 e. The molecule has 1 fully saturated rings. The van der Waals surface area contributed by atoms with E-state index in [9.17, 15) is 27.6 Å². The number of carbonyl (C=O) groups excluding carboxylic acids is 1. The first-order valence-electron chi connectivity index (χ1n) is 14.3. The van der Waals surface area contributed by atoms with Crippen molar-refractivity contribution in [1.29, 1.82) is 0 Å². The van der Waals surface area contributed by atoms with E-state index in [1.165, 1.54) is 4.31 Å². The Bertz CT molecular complexity index is 1370. The molecular formula is C28H40BN2O9PS. The van der Waals surface area contributed by atoms with Gasteiger partial charge >= 0.3 is 13.9 Å². The van der Waals surface area contributed by atoms with Crippen LogP contribution in [0.5, 0.6) is 0 Å². The monoisotopic (exact) mass is 622 g/mol. The van der Waals surface area contributed by atoms with Gasteiger partial charge in [-0.2, -0.15) is 4.31 Å². The normalized spacial score (nSPS) is 18.7. The number of alkyl carbamates (subject to hydrolysis) is 1. The number of aryl methyl sites for hydroxylation is 1. The molecule has 0 aliphatic carbocycles. The van der Waals surface area contributed by atoms with E-state index in [1.54, 1.807) is 36.4 Å². The molecule has 0 saturated carbocycles. The van der Waals surface area contributed by atoms with Gasteiger partial charge < -0.3 is 24.6 Å². The summed E-state index contributed by atoms with van der Waals surface area (Å²) in [6.45, 7) is 6.53. The van der Waals surface area contributed by atoms with E-state index in [-0.39, 0.29) is 30.4 Å². The van der Waals surface area contributed by atoms with Gasteiger partial charge in [0.15, 0.2) is 6.71 Å². The summed E-state index contributed by atoms with van der Waals surface area (Å²) < 4.78 is 57.4. The lowest BCUT2D eigenvalue weighted by Gasteiger charge is -2.33. The molecule has 11 nitrogen and oxygen atoms in total. The predicted molar refractivity (Wildman–Crippen MR) is 159 cm³/mol. The molecule has 4 rings (SSSR count). The van der Waals surface area contributed by atoms with Crippen LogP contribution in [0.3, 0.4) is 0 Å². The highest BCUT2D eigenvalue weighted by Gasteiger charge is 2.37. The van der Waals surface area contributed by atoms with Crippen molar-refractivity contribution in [3.8, 4) is 0 Å². The van der Waals surface area contributed by atoms with E-state index in [0.29, 0.717) is 19.7 Å². The molecule has 3 atom stereocenters. The van der Waals surface area contributed by atoms with Crippen LogP contribution in [0.2, 0.25) is 13.1 Å². The highest BCUT2D eigenvalue weighted by molar-refractivity contribution is 7.89. The number of amides is 1. The van der Waals surface area contributed by atoms with Gasteiger partial charge in [0.25, 0.3) is 0 Å². The second-order valence-corrected chi connectivity index (χ2v) is 14.6. The lowest BCUT2D eigenvalue weighted by Crippen LogP contribution is -2.52. The van der Waals surface area contributed by atoms with Crippen LogP contribution in [0.25, 0.3) is 0 Å². The Morgan fingerprint density at radius 2 is 1.93 bits per heavy atom. The average molecular weight is 622 g/mol. The fourth-order valence-corrected chi connectivity index (χ4v) is 7.72. The topological polar surface area (TPSA) is 152 Å². The van der Waals surface area contributed by atoms with Crippen LogP contribution in [0.15, 0.2) is 53.4 Å². The third kappa shape index (κ3) is 8.89. The second-order valence-electron chi connectivity index (χ2n) is 11.5. The Morgan fingerprint density at radius 1 is 1.19 bits per heavy atom. The van der Waals surface area contributed by atoms with Crippen molar-refractivity contribution >= 4 is 36.1 Å². The van der Waals surface area contributed by atoms with Gasteiger partial charge in [-0.25, -0.2) is 17.8 Å². The fraction of sp³-hybridized carbons (Fsp3) is 0.536. The van der Waals surface area contributed by atoms with E-state index in [4.69, 9.17) is 14.0 Å². The Balaban J connectivity index is 1.67. The van der Waals surface area contributed by atoms with Crippen LogP contribution >= 0.6 is 7.82 Å². The number of nitrogens with one attached hydrogen (secondary N) is 1. The zero-order valence-corrected chi connectivity index (χ0v) is 25.9. The van der Waals surface area contributed by atoms with Crippen LogP contribution in [0, 0.1) is 5.92 Å². The quantitative estimate of drug-likeness (QED) is 0.226. The number of hydrogen-bond donors (Lipinski definition) is 3. The third-order valence-corrected chi connectivity index (χ3v) is 9.94. The van der Waals surface area contributed by atoms with Gasteiger partial charge in [-0.3, -0.25) is 4.52 Å². The van der Waals surface area contributed by atoms with Gasteiger partial charge in [0.2, 0.25) is 10.0 Å². The molecule has 0 aromatic heterocycles. The lowest BCUT2D eigenvalue weighted by molar-refractivity contribution is 0.0601. The number of rotatable bonds is 13. The third-order valence-electron chi connectivity index (χ3n) is 7.57. The number of ether oxygens (including phenoxy) is 2. The van der Waals surface area contributed by atoms with Crippen molar-refractivity contribution < 1.29 is 41.6 Å². The fourth-order valence-electron chi connectivity index (χ4n) is 5.49. The summed E-state index contributed by atoms with van der Waals surface area (Å²) in [5.41, 5.74) is 2.86. The minimum absolute atomic E-state index is 0.0682.